The summed E-state index contributed by atoms with van der Waals surface area (Å²) >= 11 is 0. The van der Waals surface area contributed by atoms with Crippen molar-refractivity contribution in [1.29, 1.82) is 0 Å². The van der Waals surface area contributed by atoms with Crippen LogP contribution in [0.1, 0.15) is 30.0 Å². The van der Waals surface area contributed by atoms with E-state index in [-0.39, 0.29) is 23.3 Å². The highest BCUT2D eigenvalue weighted by molar-refractivity contribution is 5.87. The molecule has 3 aromatic rings. The van der Waals surface area contributed by atoms with E-state index in [1.165, 1.54) is 12.3 Å². The van der Waals surface area contributed by atoms with E-state index in [0.717, 1.165) is 12.2 Å². The van der Waals surface area contributed by atoms with Crippen LogP contribution in [-0.4, -0.2) is 39.0 Å². The Bertz CT molecular complexity index is 1090. The Balaban J connectivity index is 1.51. The fraction of sp³-hybridized carbons (Fsp3) is 0.208. The van der Waals surface area contributed by atoms with Gasteiger partial charge in [0.05, 0.1) is 5.56 Å². The molecule has 8 nitrogen and oxygen atoms in total. The minimum absolute atomic E-state index is 0.0353. The molecule has 0 aliphatic carbocycles. The molecule has 2 aromatic carbocycles. The van der Waals surface area contributed by atoms with Crippen molar-refractivity contribution < 1.29 is 19.4 Å². The molecule has 1 fully saturated rings. The van der Waals surface area contributed by atoms with Gasteiger partial charge in [0, 0.05) is 25.2 Å². The maximum atomic E-state index is 11.9. The maximum absolute atomic E-state index is 11.9. The van der Waals surface area contributed by atoms with Crippen LogP contribution in [0.4, 0.5) is 0 Å². The van der Waals surface area contributed by atoms with E-state index in [0.29, 0.717) is 30.4 Å². The van der Waals surface area contributed by atoms with Gasteiger partial charge < -0.3 is 25.2 Å². The summed E-state index contributed by atoms with van der Waals surface area (Å²) in [6.45, 7) is 4.64. The molecule has 1 aliphatic heterocycles. The summed E-state index contributed by atoms with van der Waals surface area (Å²) in [7, 11) is 0. The van der Waals surface area contributed by atoms with Crippen LogP contribution in [0.2, 0.25) is 0 Å². The van der Waals surface area contributed by atoms with Gasteiger partial charge in [0.1, 0.15) is 29.3 Å². The Hall–Kier alpha value is -3.75. The van der Waals surface area contributed by atoms with Crippen molar-refractivity contribution in [2.45, 2.75) is 18.6 Å². The van der Waals surface area contributed by atoms with E-state index in [4.69, 9.17) is 15.2 Å². The lowest BCUT2D eigenvalue weighted by Gasteiger charge is -2.16. The standard InChI is InChI=1S/C24H24N4O4/c1-2-21(29)28-13-12-16(15-28)23-26-14-20(22(25)30)24(27-23)32-19-10-8-18(9-11-19)31-17-6-4-3-5-7-17/h2-11,14,16,22,30H,1,12-13,15,25H2. The molecule has 2 unspecified atom stereocenters. The molecule has 1 saturated heterocycles. The number of carbonyl (C=O) groups excluding carboxylic acids is 1. The number of benzene rings is 2. The number of hydrogen-bond donors (Lipinski definition) is 2. The molecule has 0 spiro atoms. The molecular formula is C24H24N4O4. The van der Waals surface area contributed by atoms with Crippen LogP contribution in [0.5, 0.6) is 23.1 Å². The number of aliphatic hydroxyl groups is 1. The van der Waals surface area contributed by atoms with Crippen molar-refractivity contribution >= 4 is 5.91 Å². The van der Waals surface area contributed by atoms with Gasteiger partial charge in [0.15, 0.2) is 0 Å². The average Bonchev–Trinajstić information content (AvgIpc) is 3.31. The number of amides is 1. The van der Waals surface area contributed by atoms with Gasteiger partial charge in [-0.05, 0) is 48.9 Å². The van der Waals surface area contributed by atoms with E-state index in [2.05, 4.69) is 16.5 Å². The van der Waals surface area contributed by atoms with E-state index in [1.54, 1.807) is 29.2 Å². The molecule has 32 heavy (non-hydrogen) atoms. The van der Waals surface area contributed by atoms with Crippen molar-refractivity contribution in [3.63, 3.8) is 0 Å². The summed E-state index contributed by atoms with van der Waals surface area (Å²) in [5.41, 5.74) is 5.95. The summed E-state index contributed by atoms with van der Waals surface area (Å²) in [5, 5.41) is 9.93. The molecule has 164 valence electrons. The molecule has 8 heteroatoms. The fourth-order valence-corrected chi connectivity index (χ4v) is 3.48. The van der Waals surface area contributed by atoms with Gasteiger partial charge >= 0.3 is 0 Å². The first kappa shape index (κ1) is 21.5. The number of nitrogens with zero attached hydrogens (tertiary/aromatic N) is 3. The molecule has 3 N–H and O–H groups in total. The predicted octanol–water partition coefficient (Wildman–Crippen LogP) is 3.51. The lowest BCUT2D eigenvalue weighted by atomic mass is 10.1. The van der Waals surface area contributed by atoms with E-state index in [1.807, 2.05) is 30.3 Å². The zero-order valence-electron chi connectivity index (χ0n) is 17.4. The monoisotopic (exact) mass is 432 g/mol. The van der Waals surface area contributed by atoms with Crippen LogP contribution in [0.25, 0.3) is 0 Å². The van der Waals surface area contributed by atoms with Gasteiger partial charge in [0.2, 0.25) is 11.8 Å². The topological polar surface area (TPSA) is 111 Å². The number of carbonyl (C=O) groups is 1. The second-order valence-corrected chi connectivity index (χ2v) is 7.40. The molecule has 4 rings (SSSR count). The summed E-state index contributed by atoms with van der Waals surface area (Å²) < 4.78 is 11.7. The molecule has 0 saturated carbocycles. The largest absolute Gasteiger partial charge is 0.457 e. The van der Waals surface area contributed by atoms with Crippen LogP contribution >= 0.6 is 0 Å². The van der Waals surface area contributed by atoms with Gasteiger partial charge in [0.25, 0.3) is 0 Å². The minimum atomic E-state index is -1.29. The Morgan fingerprint density at radius 1 is 1.12 bits per heavy atom. The molecule has 2 heterocycles. The third-order valence-corrected chi connectivity index (χ3v) is 5.17. The number of rotatable bonds is 7. The number of aliphatic hydroxyl groups excluding tert-OH is 1. The lowest BCUT2D eigenvalue weighted by Crippen LogP contribution is -2.26. The third-order valence-electron chi connectivity index (χ3n) is 5.17. The summed E-state index contributed by atoms with van der Waals surface area (Å²) in [4.78, 5) is 22.4. The predicted molar refractivity (Wildman–Crippen MR) is 118 cm³/mol. The first-order valence-electron chi connectivity index (χ1n) is 10.3. The van der Waals surface area contributed by atoms with Crippen molar-refractivity contribution in [2.24, 2.45) is 5.73 Å². The second-order valence-electron chi connectivity index (χ2n) is 7.40. The zero-order valence-corrected chi connectivity index (χ0v) is 17.4. The number of ether oxygens (including phenoxy) is 2. The molecule has 0 bridgehead atoms. The Labute approximate surface area is 185 Å². The smallest absolute Gasteiger partial charge is 0.245 e. The highest BCUT2D eigenvalue weighted by Crippen LogP contribution is 2.31. The Morgan fingerprint density at radius 2 is 1.78 bits per heavy atom. The summed E-state index contributed by atoms with van der Waals surface area (Å²) in [5.74, 6) is 2.46. The highest BCUT2D eigenvalue weighted by Gasteiger charge is 2.29. The average molecular weight is 432 g/mol. The SMILES string of the molecule is C=CC(=O)N1CCC(c2ncc(C(N)O)c(Oc3ccc(Oc4ccccc4)cc3)n2)C1. The van der Waals surface area contributed by atoms with E-state index in [9.17, 15) is 9.90 Å². The Morgan fingerprint density at radius 3 is 2.44 bits per heavy atom. The van der Waals surface area contributed by atoms with Crippen LogP contribution in [0, 0.1) is 0 Å². The molecule has 1 aliphatic rings. The van der Waals surface area contributed by atoms with Crippen LogP contribution in [-0.2, 0) is 4.79 Å². The van der Waals surface area contributed by atoms with Crippen molar-refractivity contribution in [2.75, 3.05) is 13.1 Å². The number of nitrogens with two attached hydrogens (primary N) is 1. The molecule has 2 atom stereocenters. The van der Waals surface area contributed by atoms with Crippen molar-refractivity contribution in [1.82, 2.24) is 14.9 Å². The van der Waals surface area contributed by atoms with Crippen LogP contribution < -0.4 is 15.2 Å². The van der Waals surface area contributed by atoms with E-state index >= 15 is 0 Å². The van der Waals surface area contributed by atoms with Crippen molar-refractivity contribution in [3.05, 3.63) is 84.8 Å². The summed E-state index contributed by atoms with van der Waals surface area (Å²) in [6.07, 6.45) is 2.21. The fourth-order valence-electron chi connectivity index (χ4n) is 3.48. The second kappa shape index (κ2) is 9.59. The molecule has 0 radical (unpaired) electrons. The van der Waals surface area contributed by atoms with Gasteiger partial charge in [-0.3, -0.25) is 4.79 Å². The third kappa shape index (κ3) is 4.93. The normalized spacial score (nSPS) is 16.4. The van der Waals surface area contributed by atoms with Crippen molar-refractivity contribution in [3.8, 4) is 23.1 Å². The first-order chi connectivity index (χ1) is 15.5. The number of hydrogen-bond acceptors (Lipinski definition) is 7. The van der Waals surface area contributed by atoms with Gasteiger partial charge in [-0.1, -0.05) is 24.8 Å². The number of likely N-dealkylation sites (tertiary alicyclic amines) is 1. The quantitative estimate of drug-likeness (QED) is 0.434. The number of para-hydroxylation sites is 1. The molecule has 1 amide bonds. The van der Waals surface area contributed by atoms with Gasteiger partial charge in [-0.2, -0.15) is 4.98 Å². The van der Waals surface area contributed by atoms with Crippen LogP contribution in [0.15, 0.2) is 73.4 Å². The van der Waals surface area contributed by atoms with Gasteiger partial charge in [-0.25, -0.2) is 4.98 Å². The van der Waals surface area contributed by atoms with E-state index < -0.39 is 6.23 Å². The summed E-state index contributed by atoms with van der Waals surface area (Å²) in [6, 6.07) is 16.5. The number of aromatic nitrogens is 2. The first-order valence-corrected chi connectivity index (χ1v) is 10.3. The zero-order chi connectivity index (χ0) is 22.5. The molecular weight excluding hydrogens is 408 g/mol. The molecule has 1 aromatic heterocycles. The lowest BCUT2D eigenvalue weighted by molar-refractivity contribution is -0.125. The minimum Gasteiger partial charge on any atom is -0.457 e. The van der Waals surface area contributed by atoms with Gasteiger partial charge in [-0.15, -0.1) is 0 Å². The Kier molecular flexibility index (Phi) is 6.44. The maximum Gasteiger partial charge on any atom is 0.245 e. The highest BCUT2D eigenvalue weighted by atomic mass is 16.5. The van der Waals surface area contributed by atoms with Crippen LogP contribution in [0.3, 0.4) is 0 Å².